The third-order valence-corrected chi connectivity index (χ3v) is 6.24. The number of benzene rings is 3. The fraction of sp³-hybridized carbons (Fsp3) is 0.0357. The first-order valence-corrected chi connectivity index (χ1v) is 11.8. The number of thiocarbonyl (C=S) groups is 1. The Labute approximate surface area is 217 Å². The molecule has 0 spiro atoms. The van der Waals surface area contributed by atoms with Crippen molar-refractivity contribution in [3.05, 3.63) is 107 Å². The zero-order valence-electron chi connectivity index (χ0n) is 19.0. The van der Waals surface area contributed by atoms with E-state index in [0.717, 1.165) is 11.1 Å². The number of carbonyl (C=O) groups is 2. The lowest BCUT2D eigenvalue weighted by Crippen LogP contribution is -2.54. The van der Waals surface area contributed by atoms with E-state index in [9.17, 15) is 9.59 Å². The van der Waals surface area contributed by atoms with E-state index in [1.807, 2.05) is 49.4 Å². The molecule has 6 nitrogen and oxygen atoms in total. The first-order valence-electron chi connectivity index (χ1n) is 11.0. The second-order valence-corrected chi connectivity index (χ2v) is 8.83. The lowest BCUT2D eigenvalue weighted by atomic mass is 10.1. The van der Waals surface area contributed by atoms with Crippen molar-refractivity contribution in [2.24, 2.45) is 0 Å². The normalized spacial score (nSPS) is 14.8. The van der Waals surface area contributed by atoms with E-state index in [0.29, 0.717) is 33.7 Å². The smallest absolute Gasteiger partial charge is 0.270 e. The molecule has 1 fully saturated rings. The maximum Gasteiger partial charge on any atom is 0.270 e. The van der Waals surface area contributed by atoms with E-state index in [2.05, 4.69) is 5.32 Å². The molecule has 3 aromatic carbocycles. The van der Waals surface area contributed by atoms with Crippen molar-refractivity contribution in [3.8, 4) is 22.8 Å². The number of para-hydroxylation sites is 1. The van der Waals surface area contributed by atoms with E-state index in [4.69, 9.17) is 33.0 Å². The molecule has 1 aliphatic rings. The highest BCUT2D eigenvalue weighted by Gasteiger charge is 2.34. The van der Waals surface area contributed by atoms with Gasteiger partial charge in [-0.05, 0) is 85.4 Å². The molecule has 5 rings (SSSR count). The molecule has 0 bridgehead atoms. The SMILES string of the molecule is Cc1ccc(-c2ccc(/C=C3\C(=O)NC(=S)N(c4ccc(Oc5ccccc5)cc4)C3=O)o2)cc1Cl. The minimum absolute atomic E-state index is 0.00620. The molecule has 1 aliphatic heterocycles. The number of anilines is 1. The van der Waals surface area contributed by atoms with E-state index in [1.165, 1.54) is 11.0 Å². The molecule has 36 heavy (non-hydrogen) atoms. The monoisotopic (exact) mass is 514 g/mol. The largest absolute Gasteiger partial charge is 0.457 e. The molecule has 1 aromatic heterocycles. The molecule has 0 radical (unpaired) electrons. The maximum atomic E-state index is 13.3. The van der Waals surface area contributed by atoms with E-state index >= 15 is 0 Å². The van der Waals surface area contributed by atoms with Gasteiger partial charge in [-0.3, -0.25) is 19.8 Å². The highest BCUT2D eigenvalue weighted by Crippen LogP contribution is 2.30. The lowest BCUT2D eigenvalue weighted by molar-refractivity contribution is -0.122. The molecule has 178 valence electrons. The van der Waals surface area contributed by atoms with Gasteiger partial charge in [0.2, 0.25) is 0 Å². The van der Waals surface area contributed by atoms with Crippen LogP contribution in [0.1, 0.15) is 11.3 Å². The molecular formula is C28H19ClN2O4S. The van der Waals surface area contributed by atoms with Crippen molar-refractivity contribution in [1.29, 1.82) is 0 Å². The van der Waals surface area contributed by atoms with Crippen molar-refractivity contribution in [3.63, 3.8) is 0 Å². The Bertz CT molecular complexity index is 1510. The quantitative estimate of drug-likeness (QED) is 0.186. The Morgan fingerprint density at radius 2 is 1.67 bits per heavy atom. The van der Waals surface area contributed by atoms with E-state index in [-0.39, 0.29) is 10.7 Å². The summed E-state index contributed by atoms with van der Waals surface area (Å²) in [7, 11) is 0. The molecule has 2 amide bonds. The third-order valence-electron chi connectivity index (χ3n) is 5.55. The van der Waals surface area contributed by atoms with Gasteiger partial charge in [0, 0.05) is 10.6 Å². The summed E-state index contributed by atoms with van der Waals surface area (Å²) < 4.78 is 11.7. The number of nitrogens with zero attached hydrogens (tertiary/aromatic N) is 1. The van der Waals surface area contributed by atoms with Gasteiger partial charge in [0.15, 0.2) is 5.11 Å². The Morgan fingerprint density at radius 3 is 2.39 bits per heavy atom. The van der Waals surface area contributed by atoms with Gasteiger partial charge in [-0.25, -0.2) is 0 Å². The molecule has 0 unspecified atom stereocenters. The molecule has 0 atom stereocenters. The lowest BCUT2D eigenvalue weighted by Gasteiger charge is -2.28. The van der Waals surface area contributed by atoms with Crippen molar-refractivity contribution < 1.29 is 18.7 Å². The number of nitrogens with one attached hydrogen (secondary N) is 1. The summed E-state index contributed by atoms with van der Waals surface area (Å²) in [6, 6.07) is 25.2. The van der Waals surface area contributed by atoms with Gasteiger partial charge >= 0.3 is 0 Å². The van der Waals surface area contributed by atoms with Gasteiger partial charge in [-0.1, -0.05) is 41.9 Å². The molecule has 2 heterocycles. The number of aryl methyl sites for hydroxylation is 1. The summed E-state index contributed by atoms with van der Waals surface area (Å²) >= 11 is 11.5. The molecule has 8 heteroatoms. The van der Waals surface area contributed by atoms with Crippen LogP contribution in [0.3, 0.4) is 0 Å². The van der Waals surface area contributed by atoms with Crippen LogP contribution in [0, 0.1) is 6.92 Å². The zero-order chi connectivity index (χ0) is 25.2. The summed E-state index contributed by atoms with van der Waals surface area (Å²) in [6.07, 6.45) is 1.40. The standard InChI is InChI=1S/C28H19ClN2O4S/c1-17-7-8-18(15-24(17)29)25-14-13-22(35-25)16-23-26(32)30-28(36)31(27(23)33)19-9-11-21(12-10-19)34-20-5-3-2-4-6-20/h2-16H,1H3,(H,30,32,36)/b23-16+. The van der Waals surface area contributed by atoms with Crippen LogP contribution in [0.2, 0.25) is 5.02 Å². The summed E-state index contributed by atoms with van der Waals surface area (Å²) in [6.45, 7) is 1.91. The highest BCUT2D eigenvalue weighted by molar-refractivity contribution is 7.80. The number of rotatable bonds is 5. The first-order chi connectivity index (χ1) is 17.4. The maximum absolute atomic E-state index is 13.3. The molecular weight excluding hydrogens is 496 g/mol. The van der Waals surface area contributed by atoms with Crippen molar-refractivity contribution in [2.45, 2.75) is 6.92 Å². The number of hydrogen-bond acceptors (Lipinski definition) is 5. The Hall–Kier alpha value is -4.20. The third kappa shape index (κ3) is 4.79. The number of hydrogen-bond donors (Lipinski definition) is 1. The van der Waals surface area contributed by atoms with Crippen molar-refractivity contribution in [1.82, 2.24) is 5.32 Å². The highest BCUT2D eigenvalue weighted by atomic mass is 35.5. The van der Waals surface area contributed by atoms with Crippen molar-refractivity contribution >= 4 is 52.5 Å². The molecule has 0 saturated carbocycles. The van der Waals surface area contributed by atoms with Crippen LogP contribution in [0.4, 0.5) is 5.69 Å². The summed E-state index contributed by atoms with van der Waals surface area (Å²) in [4.78, 5) is 27.2. The number of halogens is 1. The number of furan rings is 1. The predicted molar refractivity (Wildman–Crippen MR) is 143 cm³/mol. The van der Waals surface area contributed by atoms with Crippen LogP contribution >= 0.6 is 23.8 Å². The Balaban J connectivity index is 1.39. The summed E-state index contributed by atoms with van der Waals surface area (Å²) in [5, 5.41) is 3.19. The van der Waals surface area contributed by atoms with E-state index in [1.54, 1.807) is 42.5 Å². The fourth-order valence-electron chi connectivity index (χ4n) is 3.65. The van der Waals surface area contributed by atoms with Crippen LogP contribution in [0.25, 0.3) is 17.4 Å². The second-order valence-electron chi connectivity index (χ2n) is 8.03. The summed E-state index contributed by atoms with van der Waals surface area (Å²) in [5.41, 5.74) is 2.13. The van der Waals surface area contributed by atoms with E-state index < -0.39 is 11.8 Å². The van der Waals surface area contributed by atoms with Crippen LogP contribution in [0.15, 0.2) is 94.9 Å². The van der Waals surface area contributed by atoms with Crippen LogP contribution < -0.4 is 15.0 Å². The van der Waals surface area contributed by atoms with Gasteiger partial charge in [0.05, 0.1) is 5.69 Å². The number of amides is 2. The van der Waals surface area contributed by atoms with Crippen LogP contribution in [0.5, 0.6) is 11.5 Å². The molecule has 4 aromatic rings. The van der Waals surface area contributed by atoms with Gasteiger partial charge in [-0.15, -0.1) is 0 Å². The minimum atomic E-state index is -0.596. The predicted octanol–water partition coefficient (Wildman–Crippen LogP) is 6.53. The number of ether oxygens (including phenoxy) is 1. The average molecular weight is 515 g/mol. The average Bonchev–Trinajstić information content (AvgIpc) is 3.34. The zero-order valence-corrected chi connectivity index (χ0v) is 20.6. The van der Waals surface area contributed by atoms with Gasteiger partial charge in [0.1, 0.15) is 28.6 Å². The van der Waals surface area contributed by atoms with Crippen LogP contribution in [-0.2, 0) is 9.59 Å². The molecule has 0 aliphatic carbocycles. The fourth-order valence-corrected chi connectivity index (χ4v) is 4.12. The van der Waals surface area contributed by atoms with Crippen molar-refractivity contribution in [2.75, 3.05) is 4.90 Å². The second kappa shape index (κ2) is 9.81. The Morgan fingerprint density at radius 1 is 0.944 bits per heavy atom. The van der Waals surface area contributed by atoms with Gasteiger partial charge < -0.3 is 9.15 Å². The van der Waals surface area contributed by atoms with Gasteiger partial charge in [-0.2, -0.15) is 0 Å². The number of carbonyl (C=O) groups excluding carboxylic acids is 2. The molecule has 1 N–H and O–H groups in total. The topological polar surface area (TPSA) is 71.8 Å². The first kappa shape index (κ1) is 23.5. The van der Waals surface area contributed by atoms with Gasteiger partial charge in [0.25, 0.3) is 11.8 Å². The minimum Gasteiger partial charge on any atom is -0.457 e. The van der Waals surface area contributed by atoms with Crippen LogP contribution in [-0.4, -0.2) is 16.9 Å². The summed E-state index contributed by atoms with van der Waals surface area (Å²) in [5.74, 6) is 1.05. The Kier molecular flexibility index (Phi) is 6.41. The molecule has 1 saturated heterocycles.